The summed E-state index contributed by atoms with van der Waals surface area (Å²) in [6.45, 7) is 7.10. The summed E-state index contributed by atoms with van der Waals surface area (Å²) in [6.07, 6.45) is 0.921. The first-order valence-electron chi connectivity index (χ1n) is 4.02. The molecule has 0 rings (SSSR count). The van der Waals surface area contributed by atoms with Gasteiger partial charge in [0.15, 0.2) is 0 Å². The van der Waals surface area contributed by atoms with Crippen LogP contribution >= 0.6 is 0 Å². The zero-order chi connectivity index (χ0) is 9.78. The lowest BCUT2D eigenvalue weighted by atomic mass is 10.1. The van der Waals surface area contributed by atoms with Crippen molar-refractivity contribution in [1.82, 2.24) is 0 Å². The molecule has 0 bridgehead atoms. The summed E-state index contributed by atoms with van der Waals surface area (Å²) in [4.78, 5) is 21.2. The van der Waals surface area contributed by atoms with Crippen LogP contribution in [-0.2, 0) is 14.3 Å². The molecule has 0 aliphatic carbocycles. The van der Waals surface area contributed by atoms with Crippen molar-refractivity contribution in [3.8, 4) is 0 Å². The molecule has 0 aromatic rings. The minimum atomic E-state index is -0.459. The SMILES string of the molecule is C[C@@H](C=O)CC(=O)OC(C)(C)C. The number of ether oxygens (including phenoxy) is 1. The highest BCUT2D eigenvalue weighted by Gasteiger charge is 2.17. The van der Waals surface area contributed by atoms with Crippen LogP contribution in [0.1, 0.15) is 34.1 Å². The fraction of sp³-hybridized carbons (Fsp3) is 0.778. The zero-order valence-corrected chi connectivity index (χ0v) is 8.09. The van der Waals surface area contributed by atoms with E-state index in [4.69, 9.17) is 4.74 Å². The van der Waals surface area contributed by atoms with Gasteiger partial charge < -0.3 is 9.53 Å². The fourth-order valence-corrected chi connectivity index (χ4v) is 0.694. The van der Waals surface area contributed by atoms with Gasteiger partial charge in [-0.05, 0) is 20.8 Å². The number of esters is 1. The monoisotopic (exact) mass is 172 g/mol. The molecule has 0 saturated heterocycles. The first-order chi connectivity index (χ1) is 5.35. The largest absolute Gasteiger partial charge is 0.460 e. The molecule has 0 spiro atoms. The van der Waals surface area contributed by atoms with Gasteiger partial charge in [-0.15, -0.1) is 0 Å². The Morgan fingerprint density at radius 2 is 2.00 bits per heavy atom. The van der Waals surface area contributed by atoms with E-state index in [9.17, 15) is 9.59 Å². The Morgan fingerprint density at radius 1 is 1.50 bits per heavy atom. The molecule has 0 fully saturated rings. The van der Waals surface area contributed by atoms with Crippen LogP contribution in [0.25, 0.3) is 0 Å². The van der Waals surface area contributed by atoms with Gasteiger partial charge in [-0.2, -0.15) is 0 Å². The van der Waals surface area contributed by atoms with Crippen molar-refractivity contribution in [3.63, 3.8) is 0 Å². The van der Waals surface area contributed by atoms with E-state index in [2.05, 4.69) is 0 Å². The lowest BCUT2D eigenvalue weighted by Crippen LogP contribution is -2.25. The molecule has 70 valence electrons. The van der Waals surface area contributed by atoms with Crippen molar-refractivity contribution >= 4 is 12.3 Å². The summed E-state index contributed by atoms with van der Waals surface area (Å²) >= 11 is 0. The molecular formula is C9H16O3. The predicted molar refractivity (Wildman–Crippen MR) is 45.7 cm³/mol. The van der Waals surface area contributed by atoms with Gasteiger partial charge in [0.1, 0.15) is 11.9 Å². The van der Waals surface area contributed by atoms with E-state index >= 15 is 0 Å². The van der Waals surface area contributed by atoms with Crippen molar-refractivity contribution in [1.29, 1.82) is 0 Å². The average molecular weight is 172 g/mol. The standard InChI is InChI=1S/C9H16O3/c1-7(6-10)5-8(11)12-9(2,3)4/h6-7H,5H2,1-4H3/t7-/m1/s1. The number of hydrogen-bond acceptors (Lipinski definition) is 3. The Kier molecular flexibility index (Phi) is 3.93. The molecule has 3 nitrogen and oxygen atoms in total. The van der Waals surface area contributed by atoms with Gasteiger partial charge in [0.05, 0.1) is 6.42 Å². The average Bonchev–Trinajstić information content (AvgIpc) is 1.82. The number of carbonyl (C=O) groups is 2. The lowest BCUT2D eigenvalue weighted by molar-refractivity contribution is -0.156. The molecular weight excluding hydrogens is 156 g/mol. The van der Waals surface area contributed by atoms with Gasteiger partial charge in [0, 0.05) is 5.92 Å². The molecule has 0 aliphatic rings. The highest BCUT2D eigenvalue weighted by Crippen LogP contribution is 2.10. The first kappa shape index (κ1) is 11.1. The lowest BCUT2D eigenvalue weighted by Gasteiger charge is -2.19. The van der Waals surface area contributed by atoms with E-state index in [0.717, 1.165) is 6.29 Å². The van der Waals surface area contributed by atoms with E-state index in [-0.39, 0.29) is 18.3 Å². The summed E-state index contributed by atoms with van der Waals surface area (Å²) in [7, 11) is 0. The molecule has 0 aliphatic heterocycles. The van der Waals surface area contributed by atoms with Gasteiger partial charge >= 0.3 is 5.97 Å². The van der Waals surface area contributed by atoms with E-state index in [1.807, 2.05) is 0 Å². The molecule has 0 unspecified atom stereocenters. The topological polar surface area (TPSA) is 43.4 Å². The number of aldehydes is 1. The molecule has 0 amide bonds. The zero-order valence-electron chi connectivity index (χ0n) is 8.09. The minimum absolute atomic E-state index is 0.167. The van der Waals surface area contributed by atoms with E-state index in [0.29, 0.717) is 0 Å². The van der Waals surface area contributed by atoms with Crippen molar-refractivity contribution in [2.24, 2.45) is 5.92 Å². The second-order valence-electron chi connectivity index (χ2n) is 3.90. The van der Waals surface area contributed by atoms with Crippen molar-refractivity contribution in [2.75, 3.05) is 0 Å². The quantitative estimate of drug-likeness (QED) is 0.479. The Morgan fingerprint density at radius 3 is 2.33 bits per heavy atom. The molecule has 0 N–H and O–H groups in total. The Hall–Kier alpha value is -0.860. The summed E-state index contributed by atoms with van der Waals surface area (Å²) in [5.74, 6) is -0.568. The van der Waals surface area contributed by atoms with E-state index in [1.54, 1.807) is 27.7 Å². The second kappa shape index (κ2) is 4.24. The summed E-state index contributed by atoms with van der Waals surface area (Å²) in [6, 6.07) is 0. The minimum Gasteiger partial charge on any atom is -0.460 e. The molecule has 0 radical (unpaired) electrons. The molecule has 0 aromatic heterocycles. The fourth-order valence-electron chi connectivity index (χ4n) is 0.694. The van der Waals surface area contributed by atoms with Gasteiger partial charge in [-0.3, -0.25) is 4.79 Å². The van der Waals surface area contributed by atoms with Gasteiger partial charge in [-0.25, -0.2) is 0 Å². The van der Waals surface area contributed by atoms with Crippen molar-refractivity contribution < 1.29 is 14.3 Å². The third-order valence-corrected chi connectivity index (χ3v) is 1.14. The number of carbonyl (C=O) groups excluding carboxylic acids is 2. The van der Waals surface area contributed by atoms with Crippen LogP contribution in [0.3, 0.4) is 0 Å². The van der Waals surface area contributed by atoms with Gasteiger partial charge in [-0.1, -0.05) is 6.92 Å². The van der Waals surface area contributed by atoms with Gasteiger partial charge in [0.2, 0.25) is 0 Å². The normalized spacial score (nSPS) is 13.7. The van der Waals surface area contributed by atoms with Crippen LogP contribution in [0.2, 0.25) is 0 Å². The van der Waals surface area contributed by atoms with E-state index < -0.39 is 5.60 Å². The van der Waals surface area contributed by atoms with Crippen molar-refractivity contribution in [3.05, 3.63) is 0 Å². The molecule has 0 heterocycles. The Balaban J connectivity index is 3.82. The van der Waals surface area contributed by atoms with E-state index in [1.165, 1.54) is 0 Å². The smallest absolute Gasteiger partial charge is 0.307 e. The second-order valence-corrected chi connectivity index (χ2v) is 3.90. The third kappa shape index (κ3) is 5.89. The number of rotatable bonds is 3. The van der Waals surface area contributed by atoms with Crippen LogP contribution in [0, 0.1) is 5.92 Å². The first-order valence-corrected chi connectivity index (χ1v) is 4.02. The number of hydrogen-bond donors (Lipinski definition) is 0. The maximum Gasteiger partial charge on any atom is 0.307 e. The Bertz CT molecular complexity index is 167. The third-order valence-electron chi connectivity index (χ3n) is 1.14. The molecule has 3 heteroatoms. The molecule has 1 atom stereocenters. The Labute approximate surface area is 73.1 Å². The van der Waals surface area contributed by atoms with Crippen LogP contribution in [-0.4, -0.2) is 17.9 Å². The maximum atomic E-state index is 11.0. The van der Waals surface area contributed by atoms with Crippen LogP contribution < -0.4 is 0 Å². The highest BCUT2D eigenvalue weighted by atomic mass is 16.6. The van der Waals surface area contributed by atoms with Gasteiger partial charge in [0.25, 0.3) is 0 Å². The van der Waals surface area contributed by atoms with Crippen molar-refractivity contribution in [2.45, 2.75) is 39.7 Å². The van der Waals surface area contributed by atoms with Crippen LogP contribution in [0.4, 0.5) is 0 Å². The summed E-state index contributed by atoms with van der Waals surface area (Å²) < 4.78 is 5.01. The molecule has 12 heavy (non-hydrogen) atoms. The van der Waals surface area contributed by atoms with Crippen LogP contribution in [0.5, 0.6) is 0 Å². The summed E-state index contributed by atoms with van der Waals surface area (Å²) in [5.41, 5.74) is -0.459. The van der Waals surface area contributed by atoms with Crippen LogP contribution in [0.15, 0.2) is 0 Å². The highest BCUT2D eigenvalue weighted by molar-refractivity contribution is 5.73. The summed E-state index contributed by atoms with van der Waals surface area (Å²) in [5, 5.41) is 0. The molecule has 0 aromatic carbocycles. The predicted octanol–water partition coefficient (Wildman–Crippen LogP) is 1.55. The maximum absolute atomic E-state index is 11.0. The molecule has 0 saturated carbocycles.